The van der Waals surface area contributed by atoms with E-state index in [9.17, 15) is 9.90 Å². The van der Waals surface area contributed by atoms with Crippen LogP contribution in [-0.4, -0.2) is 16.2 Å². The van der Waals surface area contributed by atoms with Crippen molar-refractivity contribution in [2.45, 2.75) is 50.5 Å². The smallest absolute Gasteiger partial charge is 0.304 e. The first-order valence-electron chi connectivity index (χ1n) is 14.3. The number of hydrogen-bond donors (Lipinski definition) is 2. The molecule has 41 heavy (non-hydrogen) atoms. The molecule has 0 amide bonds. The van der Waals surface area contributed by atoms with E-state index in [-0.39, 0.29) is 17.9 Å². The highest BCUT2D eigenvalue weighted by Crippen LogP contribution is 2.51. The van der Waals surface area contributed by atoms with Gasteiger partial charge in [-0.1, -0.05) is 114 Å². The highest BCUT2D eigenvalue weighted by molar-refractivity contribution is 5.77. The van der Waals surface area contributed by atoms with Crippen molar-refractivity contribution in [1.29, 1.82) is 0 Å². The third-order valence-electron chi connectivity index (χ3n) is 8.27. The fourth-order valence-electron chi connectivity index (χ4n) is 5.71. The van der Waals surface area contributed by atoms with Crippen LogP contribution in [0.2, 0.25) is 0 Å². The number of anilines is 1. The second-order valence-corrected chi connectivity index (χ2v) is 11.1. The van der Waals surface area contributed by atoms with Crippen LogP contribution in [0.15, 0.2) is 114 Å². The Morgan fingerprint density at radius 2 is 1.44 bits per heavy atom. The molecule has 1 unspecified atom stereocenters. The van der Waals surface area contributed by atoms with Crippen molar-refractivity contribution in [2.24, 2.45) is 0 Å². The van der Waals surface area contributed by atoms with Crippen LogP contribution in [0.4, 0.5) is 5.69 Å². The van der Waals surface area contributed by atoms with Crippen LogP contribution in [0.5, 0.6) is 0 Å². The molecule has 5 aromatic rings. The molecule has 0 aliphatic heterocycles. The molecule has 5 nitrogen and oxygen atoms in total. The summed E-state index contributed by atoms with van der Waals surface area (Å²) >= 11 is 0. The lowest BCUT2D eigenvalue weighted by Gasteiger charge is -2.21. The number of aromatic nitrogens is 1. The van der Waals surface area contributed by atoms with Gasteiger partial charge in [0.25, 0.3) is 0 Å². The number of carboxylic acid groups (broad SMARTS) is 1. The molecule has 1 aromatic heterocycles. The minimum Gasteiger partial charge on any atom is -0.481 e. The van der Waals surface area contributed by atoms with E-state index in [1.807, 2.05) is 13.0 Å². The molecule has 1 aliphatic rings. The number of rotatable bonds is 11. The first-order chi connectivity index (χ1) is 20.0. The van der Waals surface area contributed by atoms with Gasteiger partial charge in [0.05, 0.1) is 12.5 Å². The average Bonchev–Trinajstić information content (AvgIpc) is 3.70. The fourth-order valence-corrected chi connectivity index (χ4v) is 5.71. The van der Waals surface area contributed by atoms with Gasteiger partial charge < -0.3 is 14.9 Å². The first kappa shape index (κ1) is 26.6. The predicted molar refractivity (Wildman–Crippen MR) is 163 cm³/mol. The van der Waals surface area contributed by atoms with Gasteiger partial charge in [-0.05, 0) is 60.4 Å². The summed E-state index contributed by atoms with van der Waals surface area (Å²) in [5.41, 5.74) is 8.38. The Labute approximate surface area is 240 Å². The third-order valence-corrected chi connectivity index (χ3v) is 8.27. The summed E-state index contributed by atoms with van der Waals surface area (Å²) in [4.78, 5) is 11.3. The summed E-state index contributed by atoms with van der Waals surface area (Å²) in [5, 5.41) is 17.4. The van der Waals surface area contributed by atoms with Crippen LogP contribution < -0.4 is 5.32 Å². The van der Waals surface area contributed by atoms with Gasteiger partial charge in [0.1, 0.15) is 11.4 Å². The quantitative estimate of drug-likeness (QED) is 0.175. The van der Waals surface area contributed by atoms with Crippen molar-refractivity contribution >= 4 is 11.7 Å². The van der Waals surface area contributed by atoms with Crippen LogP contribution in [0.3, 0.4) is 0 Å². The second kappa shape index (κ2) is 11.5. The van der Waals surface area contributed by atoms with Crippen molar-refractivity contribution in [2.75, 3.05) is 5.32 Å². The lowest BCUT2D eigenvalue weighted by Crippen LogP contribution is -2.13. The molecule has 206 valence electrons. The van der Waals surface area contributed by atoms with Crippen LogP contribution in [0, 0.1) is 6.92 Å². The Kier molecular flexibility index (Phi) is 7.43. The maximum absolute atomic E-state index is 11.3. The molecule has 0 spiro atoms. The summed E-state index contributed by atoms with van der Waals surface area (Å²) in [6.45, 7) is 1.97. The summed E-state index contributed by atoms with van der Waals surface area (Å²) in [6.07, 6.45) is 3.97. The average molecular weight is 543 g/mol. The Bertz CT molecular complexity index is 1600. The number of benzene rings is 4. The zero-order valence-corrected chi connectivity index (χ0v) is 23.2. The maximum Gasteiger partial charge on any atom is 0.304 e. The minimum atomic E-state index is -0.732. The standard InChI is InChI=1S/C36H34N2O3/c1-25-34(37-32(29-10-6-3-7-11-29)21-12-26-8-4-2-5-9-26)35(41-38-25)30-15-13-27(14-16-30)28-17-19-31(20-18-28)36(22-23-36)24-33(39)40/h2-11,13-20,32,37H,12,21-24H2,1H3,(H,39,40). The molecular weight excluding hydrogens is 508 g/mol. The zero-order valence-electron chi connectivity index (χ0n) is 23.2. The van der Waals surface area contributed by atoms with Crippen molar-refractivity contribution in [3.63, 3.8) is 0 Å². The molecule has 6 rings (SSSR count). The number of carboxylic acids is 1. The van der Waals surface area contributed by atoms with E-state index in [0.29, 0.717) is 0 Å². The van der Waals surface area contributed by atoms with E-state index in [1.165, 1.54) is 11.1 Å². The Balaban J connectivity index is 1.21. The topological polar surface area (TPSA) is 75.4 Å². The highest BCUT2D eigenvalue weighted by atomic mass is 16.5. The Morgan fingerprint density at radius 3 is 2.05 bits per heavy atom. The SMILES string of the molecule is Cc1noc(-c2ccc(-c3ccc(C4(CC(=O)O)CC4)cc3)cc2)c1NC(CCc1ccccc1)c1ccccc1. The second-order valence-electron chi connectivity index (χ2n) is 11.1. The molecule has 0 saturated heterocycles. The van der Waals surface area contributed by atoms with Crippen molar-refractivity contribution < 1.29 is 14.4 Å². The van der Waals surface area contributed by atoms with Crippen molar-refractivity contribution in [3.8, 4) is 22.5 Å². The van der Waals surface area contributed by atoms with Gasteiger partial charge in [-0.15, -0.1) is 0 Å². The largest absolute Gasteiger partial charge is 0.481 e. The number of nitrogens with zero attached hydrogens (tertiary/aromatic N) is 1. The summed E-state index contributed by atoms with van der Waals surface area (Å²) in [7, 11) is 0. The molecule has 1 saturated carbocycles. The van der Waals surface area contributed by atoms with Gasteiger partial charge in [0.15, 0.2) is 5.76 Å². The molecule has 0 radical (unpaired) electrons. The molecule has 5 heteroatoms. The van der Waals surface area contributed by atoms with Crippen LogP contribution >= 0.6 is 0 Å². The number of nitrogens with one attached hydrogen (secondary N) is 1. The molecule has 2 N–H and O–H groups in total. The van der Waals surface area contributed by atoms with Crippen LogP contribution in [0.1, 0.15) is 54.1 Å². The monoisotopic (exact) mass is 542 g/mol. The summed E-state index contributed by atoms with van der Waals surface area (Å²) in [6, 6.07) is 37.9. The van der Waals surface area contributed by atoms with Gasteiger partial charge in [-0.2, -0.15) is 0 Å². The summed E-state index contributed by atoms with van der Waals surface area (Å²) < 4.78 is 5.86. The molecular formula is C36H34N2O3. The molecule has 1 aliphatic carbocycles. The third kappa shape index (κ3) is 5.94. The van der Waals surface area contributed by atoms with E-state index in [0.717, 1.165) is 65.1 Å². The van der Waals surface area contributed by atoms with E-state index in [1.54, 1.807) is 0 Å². The number of carbonyl (C=O) groups is 1. The van der Waals surface area contributed by atoms with Gasteiger partial charge in [-0.25, -0.2) is 0 Å². The van der Waals surface area contributed by atoms with E-state index in [2.05, 4.69) is 114 Å². The van der Waals surface area contributed by atoms with E-state index >= 15 is 0 Å². The normalized spacial score (nSPS) is 14.4. The number of aliphatic carboxylic acids is 1. The first-order valence-corrected chi connectivity index (χ1v) is 14.3. The molecule has 1 fully saturated rings. The maximum atomic E-state index is 11.3. The van der Waals surface area contributed by atoms with E-state index < -0.39 is 5.97 Å². The van der Waals surface area contributed by atoms with Crippen molar-refractivity contribution in [1.82, 2.24) is 5.16 Å². The van der Waals surface area contributed by atoms with Crippen LogP contribution in [0.25, 0.3) is 22.5 Å². The number of hydrogen-bond acceptors (Lipinski definition) is 4. The highest BCUT2D eigenvalue weighted by Gasteiger charge is 2.45. The molecule has 1 atom stereocenters. The van der Waals surface area contributed by atoms with Gasteiger partial charge in [0, 0.05) is 11.0 Å². The Morgan fingerprint density at radius 1 is 0.854 bits per heavy atom. The predicted octanol–water partition coefficient (Wildman–Crippen LogP) is 8.61. The van der Waals surface area contributed by atoms with Gasteiger partial charge in [0.2, 0.25) is 0 Å². The lowest BCUT2D eigenvalue weighted by molar-refractivity contribution is -0.137. The number of aryl methyl sites for hydroxylation is 2. The van der Waals surface area contributed by atoms with Gasteiger partial charge in [-0.3, -0.25) is 4.79 Å². The zero-order chi connectivity index (χ0) is 28.2. The Hall–Kier alpha value is -4.64. The molecule has 0 bridgehead atoms. The fraction of sp³-hybridized carbons (Fsp3) is 0.222. The minimum absolute atomic E-state index is 0.0990. The van der Waals surface area contributed by atoms with E-state index in [4.69, 9.17) is 4.52 Å². The van der Waals surface area contributed by atoms with Crippen LogP contribution in [-0.2, 0) is 16.6 Å². The van der Waals surface area contributed by atoms with Gasteiger partial charge >= 0.3 is 5.97 Å². The molecule has 1 heterocycles. The summed E-state index contributed by atoms with van der Waals surface area (Å²) in [5.74, 6) is -0.000605. The van der Waals surface area contributed by atoms with Crippen molar-refractivity contribution in [3.05, 3.63) is 132 Å². The molecule has 4 aromatic carbocycles. The lowest BCUT2D eigenvalue weighted by atomic mass is 9.91.